The number of amides is 2. The Labute approximate surface area is 226 Å². The summed E-state index contributed by atoms with van der Waals surface area (Å²) in [6, 6.07) is 13.1. The number of nitrogens with one attached hydrogen (secondary N) is 2. The lowest BCUT2D eigenvalue weighted by atomic mass is 10.0. The zero-order valence-corrected chi connectivity index (χ0v) is 22.2. The number of ketones is 1. The van der Waals surface area contributed by atoms with Crippen LogP contribution in [0.1, 0.15) is 31.4 Å². The van der Waals surface area contributed by atoms with Gasteiger partial charge in [-0.2, -0.15) is 0 Å². The SMILES string of the molecule is CC(C)C[C@H](NC(=O)OCc1ccccc1)C(=O)N[C@@H](Cc1ccc(O)cc1)C(=O)O.O=C(CCl)CCl. The van der Waals surface area contributed by atoms with E-state index in [0.29, 0.717) is 12.0 Å². The Kier molecular flexibility index (Phi) is 14.8. The molecule has 0 saturated carbocycles. The number of phenols is 1. The summed E-state index contributed by atoms with van der Waals surface area (Å²) in [5.41, 5.74) is 1.45. The summed E-state index contributed by atoms with van der Waals surface area (Å²) < 4.78 is 5.18. The van der Waals surface area contributed by atoms with Gasteiger partial charge in [-0.1, -0.05) is 56.3 Å². The molecule has 37 heavy (non-hydrogen) atoms. The highest BCUT2D eigenvalue weighted by molar-refractivity contribution is 6.35. The molecule has 4 N–H and O–H groups in total. The Morgan fingerprint density at radius 3 is 1.95 bits per heavy atom. The fourth-order valence-electron chi connectivity index (χ4n) is 2.99. The normalized spacial score (nSPS) is 11.9. The molecule has 202 valence electrons. The van der Waals surface area contributed by atoms with E-state index in [-0.39, 0.29) is 42.2 Å². The van der Waals surface area contributed by atoms with Crippen molar-refractivity contribution in [2.75, 3.05) is 11.8 Å². The Bertz CT molecular complexity index is 996. The Balaban J connectivity index is 0.00000102. The number of hydrogen-bond acceptors (Lipinski definition) is 6. The van der Waals surface area contributed by atoms with Crippen LogP contribution < -0.4 is 10.6 Å². The molecule has 9 nitrogen and oxygen atoms in total. The Hall–Kier alpha value is -3.30. The zero-order valence-electron chi connectivity index (χ0n) is 20.7. The van der Waals surface area contributed by atoms with Crippen LogP contribution in [0.2, 0.25) is 0 Å². The van der Waals surface area contributed by atoms with Crippen LogP contribution in [0.5, 0.6) is 5.75 Å². The monoisotopic (exact) mass is 554 g/mol. The van der Waals surface area contributed by atoms with Crippen LogP contribution in [-0.2, 0) is 32.1 Å². The van der Waals surface area contributed by atoms with Crippen molar-refractivity contribution in [1.82, 2.24) is 10.6 Å². The van der Waals surface area contributed by atoms with Crippen molar-refractivity contribution in [3.63, 3.8) is 0 Å². The summed E-state index contributed by atoms with van der Waals surface area (Å²) in [6.45, 7) is 3.84. The van der Waals surface area contributed by atoms with Gasteiger partial charge in [0.1, 0.15) is 24.4 Å². The van der Waals surface area contributed by atoms with E-state index < -0.39 is 30.1 Å². The van der Waals surface area contributed by atoms with Gasteiger partial charge in [-0.05, 0) is 35.6 Å². The number of carbonyl (C=O) groups excluding carboxylic acids is 3. The lowest BCUT2D eigenvalue weighted by molar-refractivity contribution is -0.142. The van der Waals surface area contributed by atoms with E-state index in [1.165, 1.54) is 12.1 Å². The average molecular weight is 555 g/mol. The molecular formula is C26H32Cl2N2O7. The second-order valence-corrected chi connectivity index (χ2v) is 9.00. The number of ether oxygens (including phenoxy) is 1. The number of benzene rings is 2. The van der Waals surface area contributed by atoms with Gasteiger partial charge in [0.25, 0.3) is 0 Å². The first-order chi connectivity index (χ1) is 17.5. The maximum absolute atomic E-state index is 12.8. The molecular weight excluding hydrogens is 523 g/mol. The van der Waals surface area contributed by atoms with E-state index in [1.54, 1.807) is 12.1 Å². The number of alkyl carbamates (subject to hydrolysis) is 1. The van der Waals surface area contributed by atoms with Crippen LogP contribution in [0.25, 0.3) is 0 Å². The molecule has 0 radical (unpaired) electrons. The van der Waals surface area contributed by atoms with E-state index in [4.69, 9.17) is 27.9 Å². The van der Waals surface area contributed by atoms with E-state index in [9.17, 15) is 29.4 Å². The van der Waals surface area contributed by atoms with Crippen molar-refractivity contribution in [3.8, 4) is 5.75 Å². The predicted molar refractivity (Wildman–Crippen MR) is 141 cm³/mol. The average Bonchev–Trinajstić information content (AvgIpc) is 2.88. The van der Waals surface area contributed by atoms with Gasteiger partial charge in [-0.3, -0.25) is 9.59 Å². The summed E-state index contributed by atoms with van der Waals surface area (Å²) in [5.74, 6) is -1.72. The molecule has 0 spiro atoms. The molecule has 0 aliphatic carbocycles. The molecule has 0 unspecified atom stereocenters. The number of Topliss-reactive ketones (excluding diaryl/α,β-unsaturated/α-hetero) is 1. The second kappa shape index (κ2) is 17.2. The van der Waals surface area contributed by atoms with Crippen molar-refractivity contribution in [2.45, 2.75) is 45.4 Å². The summed E-state index contributed by atoms with van der Waals surface area (Å²) in [7, 11) is 0. The minimum atomic E-state index is -1.20. The van der Waals surface area contributed by atoms with Crippen LogP contribution >= 0.6 is 23.2 Å². The van der Waals surface area contributed by atoms with Crippen molar-refractivity contribution < 1.29 is 34.1 Å². The van der Waals surface area contributed by atoms with Crippen molar-refractivity contribution >= 4 is 47.0 Å². The van der Waals surface area contributed by atoms with E-state index in [2.05, 4.69) is 10.6 Å². The number of aliphatic carboxylic acids is 1. The standard InChI is InChI=1S/C23H28N2O6.C3H4Cl2O/c1-15(2)12-19(25-23(30)31-14-17-6-4-3-5-7-17)21(27)24-20(22(28)29)13-16-8-10-18(26)11-9-16;4-1-3(6)2-5/h3-11,15,19-20,26H,12-14H2,1-2H3,(H,24,27)(H,25,30)(H,28,29);1-2H2/t19-,20-;/m0./s1. The number of halogens is 2. The van der Waals surface area contributed by atoms with Gasteiger partial charge in [0.2, 0.25) is 5.91 Å². The first kappa shape index (κ1) is 31.7. The summed E-state index contributed by atoms with van der Waals surface area (Å²) in [6.07, 6.45) is -0.401. The summed E-state index contributed by atoms with van der Waals surface area (Å²) in [5, 5.41) is 23.9. The molecule has 2 amide bonds. The number of aromatic hydroxyl groups is 1. The molecule has 2 aromatic rings. The number of rotatable bonds is 12. The minimum Gasteiger partial charge on any atom is -0.508 e. The number of carboxylic acids is 1. The highest BCUT2D eigenvalue weighted by Gasteiger charge is 2.27. The van der Waals surface area contributed by atoms with Crippen LogP contribution in [0.4, 0.5) is 4.79 Å². The maximum atomic E-state index is 12.8. The third-order valence-electron chi connectivity index (χ3n) is 4.82. The van der Waals surface area contributed by atoms with Gasteiger partial charge in [0, 0.05) is 6.42 Å². The maximum Gasteiger partial charge on any atom is 0.408 e. The fourth-order valence-corrected chi connectivity index (χ4v) is 3.27. The topological polar surface area (TPSA) is 142 Å². The largest absolute Gasteiger partial charge is 0.508 e. The van der Waals surface area contributed by atoms with Crippen LogP contribution in [0, 0.1) is 5.92 Å². The van der Waals surface area contributed by atoms with Crippen LogP contribution in [0.3, 0.4) is 0 Å². The number of alkyl halides is 2. The first-order valence-corrected chi connectivity index (χ1v) is 12.5. The van der Waals surface area contributed by atoms with E-state index in [0.717, 1.165) is 5.56 Å². The van der Waals surface area contributed by atoms with Crippen LogP contribution in [-0.4, -0.2) is 57.8 Å². The highest BCUT2D eigenvalue weighted by atomic mass is 35.5. The van der Waals surface area contributed by atoms with Gasteiger partial charge >= 0.3 is 12.1 Å². The summed E-state index contributed by atoms with van der Waals surface area (Å²) >= 11 is 10.0. The van der Waals surface area contributed by atoms with Crippen molar-refractivity contribution in [2.24, 2.45) is 5.92 Å². The molecule has 0 heterocycles. The van der Waals surface area contributed by atoms with Crippen LogP contribution in [0.15, 0.2) is 54.6 Å². The molecule has 2 rings (SSSR count). The van der Waals surface area contributed by atoms with Gasteiger partial charge in [-0.15, -0.1) is 23.2 Å². The minimum absolute atomic E-state index is 0.0312. The van der Waals surface area contributed by atoms with Gasteiger partial charge in [0.15, 0.2) is 5.78 Å². The number of carboxylic acid groups (broad SMARTS) is 1. The third kappa shape index (κ3) is 13.5. The molecule has 0 aromatic heterocycles. The van der Waals surface area contributed by atoms with E-state index in [1.807, 2.05) is 44.2 Å². The first-order valence-electron chi connectivity index (χ1n) is 11.5. The smallest absolute Gasteiger partial charge is 0.408 e. The number of phenolic OH excluding ortho intramolecular Hbond substituents is 1. The molecule has 0 saturated heterocycles. The van der Waals surface area contributed by atoms with Gasteiger partial charge in [0.05, 0.1) is 11.8 Å². The Morgan fingerprint density at radius 2 is 1.46 bits per heavy atom. The molecule has 0 bridgehead atoms. The van der Waals surface area contributed by atoms with Crippen molar-refractivity contribution in [3.05, 3.63) is 65.7 Å². The fraction of sp³-hybridized carbons (Fsp3) is 0.385. The summed E-state index contributed by atoms with van der Waals surface area (Å²) in [4.78, 5) is 46.5. The predicted octanol–water partition coefficient (Wildman–Crippen LogP) is 3.88. The Morgan fingerprint density at radius 1 is 0.865 bits per heavy atom. The molecule has 0 aliphatic heterocycles. The van der Waals surface area contributed by atoms with Gasteiger partial charge < -0.3 is 25.6 Å². The van der Waals surface area contributed by atoms with Crippen molar-refractivity contribution in [1.29, 1.82) is 0 Å². The number of carbonyl (C=O) groups is 4. The lowest BCUT2D eigenvalue weighted by Crippen LogP contribution is -2.52. The highest BCUT2D eigenvalue weighted by Crippen LogP contribution is 2.12. The molecule has 0 aliphatic rings. The molecule has 11 heteroatoms. The lowest BCUT2D eigenvalue weighted by Gasteiger charge is -2.22. The molecule has 2 aromatic carbocycles. The molecule has 0 fully saturated rings. The zero-order chi connectivity index (χ0) is 27.8. The third-order valence-corrected chi connectivity index (χ3v) is 5.41. The number of hydrogen-bond donors (Lipinski definition) is 4. The van der Waals surface area contributed by atoms with E-state index >= 15 is 0 Å². The quantitative estimate of drug-likeness (QED) is 0.291. The van der Waals surface area contributed by atoms with Gasteiger partial charge in [-0.25, -0.2) is 9.59 Å². The second-order valence-electron chi connectivity index (χ2n) is 8.46. The molecule has 2 atom stereocenters.